The van der Waals surface area contributed by atoms with Gasteiger partial charge in [-0.1, -0.05) is 6.92 Å². The first kappa shape index (κ1) is 13.5. The zero-order chi connectivity index (χ0) is 14.8. The summed E-state index contributed by atoms with van der Waals surface area (Å²) >= 11 is 0. The van der Waals surface area contributed by atoms with Gasteiger partial charge >= 0.3 is 0 Å². The van der Waals surface area contributed by atoms with Gasteiger partial charge in [0.15, 0.2) is 0 Å². The molecule has 0 bridgehead atoms. The van der Waals surface area contributed by atoms with Crippen LogP contribution in [0.1, 0.15) is 30.9 Å². The molecular formula is C14H19N7. The Balaban J connectivity index is 1.81. The highest BCUT2D eigenvalue weighted by atomic mass is 15.4. The fraction of sp³-hybridized carbons (Fsp3) is 0.429. The minimum Gasteiger partial charge on any atom is -0.367 e. The van der Waals surface area contributed by atoms with Crippen LogP contribution in [0, 0.1) is 6.92 Å². The number of nitrogens with zero attached hydrogens (tertiary/aromatic N) is 5. The van der Waals surface area contributed by atoms with Crippen molar-refractivity contribution in [1.29, 1.82) is 0 Å². The lowest BCUT2D eigenvalue weighted by Crippen LogP contribution is -2.21. The van der Waals surface area contributed by atoms with Crippen LogP contribution in [0.4, 0.5) is 5.82 Å². The Morgan fingerprint density at radius 3 is 2.90 bits per heavy atom. The number of aromatic amines is 1. The second-order valence-electron chi connectivity index (χ2n) is 5.25. The summed E-state index contributed by atoms with van der Waals surface area (Å²) in [7, 11) is 0. The lowest BCUT2D eigenvalue weighted by atomic mass is 10.2. The fourth-order valence-corrected chi connectivity index (χ4v) is 2.34. The van der Waals surface area contributed by atoms with E-state index >= 15 is 0 Å². The fourth-order valence-electron chi connectivity index (χ4n) is 2.34. The van der Waals surface area contributed by atoms with Gasteiger partial charge in [-0.15, -0.1) is 0 Å². The molecule has 0 aliphatic rings. The third-order valence-electron chi connectivity index (χ3n) is 3.34. The van der Waals surface area contributed by atoms with E-state index < -0.39 is 0 Å². The predicted molar refractivity (Wildman–Crippen MR) is 80.3 cm³/mol. The van der Waals surface area contributed by atoms with Crippen molar-refractivity contribution in [1.82, 2.24) is 29.8 Å². The maximum absolute atomic E-state index is 4.44. The molecule has 2 N–H and O–H groups in total. The molecule has 0 aliphatic heterocycles. The summed E-state index contributed by atoms with van der Waals surface area (Å²) in [5.74, 6) is 1.54. The van der Waals surface area contributed by atoms with Crippen LogP contribution >= 0.6 is 0 Å². The molecule has 7 nitrogen and oxygen atoms in total. The van der Waals surface area contributed by atoms with Crippen molar-refractivity contribution >= 4 is 11.6 Å². The van der Waals surface area contributed by atoms with Crippen molar-refractivity contribution in [3.63, 3.8) is 0 Å². The molecule has 3 aromatic rings. The highest BCUT2D eigenvalue weighted by Crippen LogP contribution is 2.14. The van der Waals surface area contributed by atoms with Crippen LogP contribution in [0.5, 0.6) is 0 Å². The Bertz CT molecular complexity index is 743. The zero-order valence-electron chi connectivity index (χ0n) is 12.5. The summed E-state index contributed by atoms with van der Waals surface area (Å²) in [6.07, 6.45) is 3.23. The number of hydrogen-bond donors (Lipinski definition) is 2. The molecule has 110 valence electrons. The molecule has 1 atom stereocenters. The Hall–Kier alpha value is -2.44. The third-order valence-corrected chi connectivity index (χ3v) is 3.34. The molecule has 0 fully saturated rings. The van der Waals surface area contributed by atoms with Crippen molar-refractivity contribution in [2.45, 2.75) is 39.7 Å². The van der Waals surface area contributed by atoms with Crippen LogP contribution in [0.3, 0.4) is 0 Å². The van der Waals surface area contributed by atoms with Gasteiger partial charge < -0.3 is 5.32 Å². The molecule has 0 amide bonds. The van der Waals surface area contributed by atoms with Gasteiger partial charge in [-0.3, -0.25) is 5.10 Å². The van der Waals surface area contributed by atoms with E-state index in [0.717, 1.165) is 35.7 Å². The van der Waals surface area contributed by atoms with Crippen LogP contribution in [-0.4, -0.2) is 35.8 Å². The minimum absolute atomic E-state index is 0.229. The first-order chi connectivity index (χ1) is 10.2. The molecule has 3 rings (SSSR count). The second-order valence-corrected chi connectivity index (χ2v) is 5.25. The maximum atomic E-state index is 4.44. The van der Waals surface area contributed by atoms with Gasteiger partial charge in [-0.05, 0) is 26.3 Å². The number of fused-ring (bicyclic) bond motifs is 1. The number of aryl methyl sites for hydroxylation is 2. The van der Waals surface area contributed by atoms with Crippen molar-refractivity contribution < 1.29 is 0 Å². The molecular weight excluding hydrogens is 266 g/mol. The monoisotopic (exact) mass is 285 g/mol. The SMILES string of the molecule is CCc1cc(NC(C)Cc2cc(C)[nH]n2)n2ncnc2n1. The van der Waals surface area contributed by atoms with Gasteiger partial charge in [0, 0.05) is 29.9 Å². The van der Waals surface area contributed by atoms with Crippen LogP contribution < -0.4 is 5.32 Å². The number of anilines is 1. The molecule has 0 saturated heterocycles. The quantitative estimate of drug-likeness (QED) is 0.746. The van der Waals surface area contributed by atoms with Gasteiger partial charge in [0.05, 0.1) is 5.69 Å². The van der Waals surface area contributed by atoms with Crippen LogP contribution in [0.15, 0.2) is 18.5 Å². The normalized spacial score (nSPS) is 12.7. The van der Waals surface area contributed by atoms with Crippen molar-refractivity contribution in [3.05, 3.63) is 35.5 Å². The van der Waals surface area contributed by atoms with E-state index in [4.69, 9.17) is 0 Å². The number of H-pyrrole nitrogens is 1. The smallest absolute Gasteiger partial charge is 0.254 e. The summed E-state index contributed by atoms with van der Waals surface area (Å²) in [6.45, 7) is 6.21. The molecule has 7 heteroatoms. The number of nitrogens with one attached hydrogen (secondary N) is 2. The van der Waals surface area contributed by atoms with Gasteiger partial charge in [-0.25, -0.2) is 4.98 Å². The lowest BCUT2D eigenvalue weighted by Gasteiger charge is -2.15. The van der Waals surface area contributed by atoms with Gasteiger partial charge in [0.2, 0.25) is 0 Å². The topological polar surface area (TPSA) is 83.8 Å². The third kappa shape index (κ3) is 2.86. The first-order valence-electron chi connectivity index (χ1n) is 7.12. The number of rotatable bonds is 5. The van der Waals surface area contributed by atoms with Crippen LogP contribution in [0.25, 0.3) is 5.78 Å². The Morgan fingerprint density at radius 2 is 2.19 bits per heavy atom. The van der Waals surface area contributed by atoms with E-state index in [9.17, 15) is 0 Å². The molecule has 0 radical (unpaired) electrons. The van der Waals surface area contributed by atoms with E-state index in [1.54, 1.807) is 4.52 Å². The largest absolute Gasteiger partial charge is 0.367 e. The first-order valence-corrected chi connectivity index (χ1v) is 7.12. The molecule has 21 heavy (non-hydrogen) atoms. The molecule has 0 saturated carbocycles. The van der Waals surface area contributed by atoms with E-state index in [0.29, 0.717) is 5.78 Å². The predicted octanol–water partition coefficient (Wildman–Crippen LogP) is 1.76. The average Bonchev–Trinajstić information content (AvgIpc) is 3.07. The summed E-state index contributed by atoms with van der Waals surface area (Å²) in [5, 5.41) is 14.9. The Labute approximate surface area is 122 Å². The molecule has 3 heterocycles. The van der Waals surface area contributed by atoms with E-state index in [1.165, 1.54) is 6.33 Å². The molecule has 3 aromatic heterocycles. The molecule has 0 aromatic carbocycles. The zero-order valence-corrected chi connectivity index (χ0v) is 12.5. The van der Waals surface area contributed by atoms with E-state index in [-0.39, 0.29) is 6.04 Å². The lowest BCUT2D eigenvalue weighted by molar-refractivity contribution is 0.749. The molecule has 0 aliphatic carbocycles. The number of aromatic nitrogens is 6. The van der Waals surface area contributed by atoms with Crippen LogP contribution in [0.2, 0.25) is 0 Å². The van der Waals surface area contributed by atoms with Crippen molar-refractivity contribution in [3.8, 4) is 0 Å². The molecule has 1 unspecified atom stereocenters. The number of hydrogen-bond acceptors (Lipinski definition) is 5. The highest BCUT2D eigenvalue weighted by Gasteiger charge is 2.11. The summed E-state index contributed by atoms with van der Waals surface area (Å²) in [5.41, 5.74) is 3.13. The standard InChI is InChI=1S/C14H19N7/c1-4-11-7-13(21-14(18-11)15-8-16-21)17-9(2)5-12-6-10(3)19-20-12/h6-9,17H,4-5H2,1-3H3,(H,19,20). The summed E-state index contributed by atoms with van der Waals surface area (Å²) in [6, 6.07) is 4.31. The minimum atomic E-state index is 0.229. The van der Waals surface area contributed by atoms with Gasteiger partial charge in [0.1, 0.15) is 12.1 Å². The van der Waals surface area contributed by atoms with Gasteiger partial charge in [0.25, 0.3) is 5.78 Å². The van der Waals surface area contributed by atoms with E-state index in [1.807, 2.05) is 13.0 Å². The second kappa shape index (κ2) is 5.51. The summed E-state index contributed by atoms with van der Waals surface area (Å²) < 4.78 is 1.73. The maximum Gasteiger partial charge on any atom is 0.254 e. The van der Waals surface area contributed by atoms with Gasteiger partial charge in [-0.2, -0.15) is 19.7 Å². The average molecular weight is 285 g/mol. The summed E-state index contributed by atoms with van der Waals surface area (Å²) in [4.78, 5) is 8.61. The van der Waals surface area contributed by atoms with Crippen LogP contribution in [-0.2, 0) is 12.8 Å². The Morgan fingerprint density at radius 1 is 1.33 bits per heavy atom. The molecule has 0 spiro atoms. The van der Waals surface area contributed by atoms with Crippen molar-refractivity contribution in [2.75, 3.05) is 5.32 Å². The highest BCUT2D eigenvalue weighted by molar-refractivity contribution is 5.45. The van der Waals surface area contributed by atoms with Crippen molar-refractivity contribution in [2.24, 2.45) is 0 Å². The van der Waals surface area contributed by atoms with E-state index in [2.05, 4.69) is 50.5 Å². The Kier molecular flexibility index (Phi) is 3.55.